The van der Waals surface area contributed by atoms with Gasteiger partial charge < -0.3 is 9.88 Å². The number of rotatable bonds is 6. The summed E-state index contributed by atoms with van der Waals surface area (Å²) in [6.45, 7) is 4.64. The minimum Gasteiger partial charge on any atom is -0.341 e. The Morgan fingerprint density at radius 3 is 2.48 bits per heavy atom. The molecule has 0 aliphatic heterocycles. The number of carbonyl (C=O) groups excluding carboxylic acids is 2. The number of amides is 2. The molecule has 0 atom stereocenters. The predicted molar refractivity (Wildman–Crippen MR) is 135 cm³/mol. The summed E-state index contributed by atoms with van der Waals surface area (Å²) >= 11 is 11.9. The lowest BCUT2D eigenvalue weighted by Gasteiger charge is -2.07. The molecule has 1 aromatic heterocycles. The van der Waals surface area contributed by atoms with Gasteiger partial charge in [-0.25, -0.2) is 5.43 Å². The number of hydrazone groups is 1. The Hall–Kier alpha value is -3.35. The van der Waals surface area contributed by atoms with Crippen molar-refractivity contribution in [1.29, 1.82) is 0 Å². The fraction of sp³-hybridized carbons (Fsp3) is 0.160. The normalized spacial score (nSPS) is 11.7. The van der Waals surface area contributed by atoms with Crippen LogP contribution in [0.3, 0.4) is 0 Å². The fourth-order valence-electron chi connectivity index (χ4n) is 3.83. The van der Waals surface area contributed by atoms with Crippen molar-refractivity contribution in [3.8, 4) is 0 Å². The highest BCUT2D eigenvalue weighted by atomic mass is 35.5. The monoisotopic (exact) mass is 480 g/mol. The Bertz CT molecular complexity index is 1410. The molecule has 0 fully saturated rings. The van der Waals surface area contributed by atoms with E-state index in [0.717, 1.165) is 28.4 Å². The second kappa shape index (κ2) is 9.65. The molecule has 0 spiro atoms. The maximum Gasteiger partial charge on any atom is 0.272 e. The maximum absolute atomic E-state index is 12.5. The zero-order valence-corrected chi connectivity index (χ0v) is 19.7. The number of halogens is 2. The van der Waals surface area contributed by atoms with Gasteiger partial charge >= 0.3 is 0 Å². The number of para-hydroxylation sites is 1. The number of anilines is 1. The average molecular weight is 481 g/mol. The van der Waals surface area contributed by atoms with Crippen molar-refractivity contribution in [3.63, 3.8) is 0 Å². The first-order valence-corrected chi connectivity index (χ1v) is 11.2. The van der Waals surface area contributed by atoms with E-state index in [2.05, 4.69) is 39.5 Å². The van der Waals surface area contributed by atoms with Crippen molar-refractivity contribution >= 4 is 68.2 Å². The molecule has 33 heavy (non-hydrogen) atoms. The number of nitrogens with one attached hydrogen (secondary N) is 2. The van der Waals surface area contributed by atoms with Gasteiger partial charge in [0.15, 0.2) is 0 Å². The minimum absolute atomic E-state index is 0.0311. The zero-order chi connectivity index (χ0) is 23.5. The number of hydrogen-bond acceptors (Lipinski definition) is 3. The summed E-state index contributed by atoms with van der Waals surface area (Å²) in [4.78, 5) is 24.8. The van der Waals surface area contributed by atoms with Crippen molar-refractivity contribution < 1.29 is 9.59 Å². The summed E-state index contributed by atoms with van der Waals surface area (Å²) in [5, 5.41) is 9.82. The van der Waals surface area contributed by atoms with Gasteiger partial charge in [-0.1, -0.05) is 41.4 Å². The van der Waals surface area contributed by atoms with E-state index >= 15 is 0 Å². The van der Waals surface area contributed by atoms with Gasteiger partial charge in [-0.3, -0.25) is 9.59 Å². The molecule has 2 amide bonds. The Morgan fingerprint density at radius 2 is 1.73 bits per heavy atom. The van der Waals surface area contributed by atoms with Crippen LogP contribution in [-0.2, 0) is 11.3 Å². The van der Waals surface area contributed by atoms with Gasteiger partial charge in [-0.05, 0) is 56.3 Å². The van der Waals surface area contributed by atoms with Crippen LogP contribution < -0.4 is 10.7 Å². The first-order valence-electron chi connectivity index (χ1n) is 10.5. The number of aryl methyl sites for hydroxylation is 1. The van der Waals surface area contributed by atoms with E-state index in [0.29, 0.717) is 16.4 Å². The molecule has 4 rings (SSSR count). The molecule has 1 heterocycles. The van der Waals surface area contributed by atoms with Crippen LogP contribution in [0.25, 0.3) is 21.8 Å². The van der Waals surface area contributed by atoms with Crippen LogP contribution >= 0.6 is 23.2 Å². The second-order valence-corrected chi connectivity index (χ2v) is 8.47. The van der Waals surface area contributed by atoms with E-state index in [1.165, 1.54) is 12.1 Å². The molecule has 6 nitrogen and oxygen atoms in total. The second-order valence-electron chi connectivity index (χ2n) is 7.63. The summed E-state index contributed by atoms with van der Waals surface area (Å²) in [5.74, 6) is -0.706. The lowest BCUT2D eigenvalue weighted by atomic mass is 10.1. The molecule has 168 valence electrons. The summed E-state index contributed by atoms with van der Waals surface area (Å²) in [7, 11) is 0. The van der Waals surface area contributed by atoms with Gasteiger partial charge in [0.2, 0.25) is 5.91 Å². The summed E-state index contributed by atoms with van der Waals surface area (Å²) < 4.78 is 2.25. The van der Waals surface area contributed by atoms with Gasteiger partial charge in [0.1, 0.15) is 0 Å². The third kappa shape index (κ3) is 4.87. The molecule has 0 saturated carbocycles. The smallest absolute Gasteiger partial charge is 0.272 e. The number of aromatic nitrogens is 1. The molecule has 0 unspecified atom stereocenters. The van der Waals surface area contributed by atoms with E-state index in [1.807, 2.05) is 30.3 Å². The van der Waals surface area contributed by atoms with Gasteiger partial charge in [-0.2, -0.15) is 5.10 Å². The van der Waals surface area contributed by atoms with E-state index in [9.17, 15) is 9.59 Å². The third-order valence-electron chi connectivity index (χ3n) is 5.31. The van der Waals surface area contributed by atoms with E-state index in [-0.39, 0.29) is 22.9 Å². The van der Waals surface area contributed by atoms with Gasteiger partial charge in [0.05, 0.1) is 17.0 Å². The number of fused-ring (bicyclic) bond motifs is 3. The maximum atomic E-state index is 12.5. The van der Waals surface area contributed by atoms with Gasteiger partial charge in [0.25, 0.3) is 5.91 Å². The van der Waals surface area contributed by atoms with E-state index in [1.54, 1.807) is 13.0 Å². The fourth-order valence-corrected chi connectivity index (χ4v) is 4.32. The number of benzene rings is 3. The topological polar surface area (TPSA) is 75.5 Å². The SMILES string of the molecule is CCn1c2ccccc2c2cc(NC(=O)CC(C)=NNC(=O)c3ccc(Cl)cc3Cl)ccc21. The standard InChI is InChI=1S/C25H22Cl2N4O2/c1-3-31-22-7-5-4-6-18(22)20-14-17(9-11-23(20)31)28-24(32)12-15(2)29-30-25(33)19-10-8-16(26)13-21(19)27/h4-11,13-14H,3,12H2,1-2H3,(H,28,32)(H,30,33). The Balaban J connectivity index is 1.45. The van der Waals surface area contributed by atoms with E-state index < -0.39 is 5.91 Å². The molecular weight excluding hydrogens is 459 g/mol. The number of hydrogen-bond donors (Lipinski definition) is 2. The first-order chi connectivity index (χ1) is 15.9. The minimum atomic E-state index is -0.478. The van der Waals surface area contributed by atoms with Crippen molar-refractivity contribution in [1.82, 2.24) is 9.99 Å². The summed E-state index contributed by atoms with van der Waals surface area (Å²) in [5.41, 5.74) is 6.12. The molecule has 8 heteroatoms. The van der Waals surface area contributed by atoms with Crippen molar-refractivity contribution in [2.24, 2.45) is 5.10 Å². The largest absolute Gasteiger partial charge is 0.341 e. The van der Waals surface area contributed by atoms with Crippen LogP contribution in [0.15, 0.2) is 65.8 Å². The highest BCUT2D eigenvalue weighted by Crippen LogP contribution is 2.31. The Labute approximate surface area is 201 Å². The lowest BCUT2D eigenvalue weighted by molar-refractivity contribution is -0.115. The number of nitrogens with zero attached hydrogens (tertiary/aromatic N) is 2. The van der Waals surface area contributed by atoms with Crippen molar-refractivity contribution in [2.75, 3.05) is 5.32 Å². The predicted octanol–water partition coefficient (Wildman–Crippen LogP) is 6.26. The summed E-state index contributed by atoms with van der Waals surface area (Å²) in [6, 6.07) is 18.7. The van der Waals surface area contributed by atoms with Gasteiger partial charge in [-0.15, -0.1) is 0 Å². The molecule has 0 bridgehead atoms. The van der Waals surface area contributed by atoms with Gasteiger partial charge in [0, 0.05) is 44.8 Å². The molecular formula is C25H22Cl2N4O2. The van der Waals surface area contributed by atoms with Crippen LogP contribution in [-0.4, -0.2) is 22.1 Å². The van der Waals surface area contributed by atoms with Crippen LogP contribution in [0.1, 0.15) is 30.6 Å². The number of carbonyl (C=O) groups is 2. The molecule has 4 aromatic rings. The third-order valence-corrected chi connectivity index (χ3v) is 5.86. The van der Waals surface area contributed by atoms with Crippen molar-refractivity contribution in [3.05, 3.63) is 76.3 Å². The molecule has 0 aliphatic rings. The molecule has 2 N–H and O–H groups in total. The zero-order valence-electron chi connectivity index (χ0n) is 18.2. The van der Waals surface area contributed by atoms with Crippen LogP contribution in [0.4, 0.5) is 5.69 Å². The lowest BCUT2D eigenvalue weighted by Crippen LogP contribution is -2.21. The quantitative estimate of drug-likeness (QED) is 0.252. The van der Waals surface area contributed by atoms with Crippen LogP contribution in [0, 0.1) is 0 Å². The van der Waals surface area contributed by atoms with Crippen LogP contribution in [0.5, 0.6) is 0 Å². The molecule has 0 saturated heterocycles. The van der Waals surface area contributed by atoms with Crippen LogP contribution in [0.2, 0.25) is 10.0 Å². The molecule has 0 aliphatic carbocycles. The summed E-state index contributed by atoms with van der Waals surface area (Å²) in [6.07, 6.45) is 0.0311. The highest BCUT2D eigenvalue weighted by Gasteiger charge is 2.13. The van der Waals surface area contributed by atoms with E-state index in [4.69, 9.17) is 23.2 Å². The molecule has 3 aromatic carbocycles. The average Bonchev–Trinajstić information content (AvgIpc) is 3.10. The highest BCUT2D eigenvalue weighted by molar-refractivity contribution is 6.36. The Kier molecular flexibility index (Phi) is 6.67. The Morgan fingerprint density at radius 1 is 0.970 bits per heavy atom. The van der Waals surface area contributed by atoms with Crippen molar-refractivity contribution in [2.45, 2.75) is 26.8 Å². The first kappa shape index (κ1) is 22.8. The molecule has 0 radical (unpaired) electrons.